The third-order valence-corrected chi connectivity index (χ3v) is 3.89. The second kappa shape index (κ2) is 8.20. The van der Waals surface area contributed by atoms with Crippen LogP contribution < -0.4 is 0 Å². The van der Waals surface area contributed by atoms with Crippen LogP contribution in [-0.2, 0) is 16.0 Å². The van der Waals surface area contributed by atoms with Crippen LogP contribution in [0.15, 0.2) is 41.1 Å². The van der Waals surface area contributed by atoms with Crippen molar-refractivity contribution in [2.75, 3.05) is 6.61 Å². The van der Waals surface area contributed by atoms with E-state index in [9.17, 15) is 4.79 Å². The Hall–Kier alpha value is -1.52. The third-order valence-electron chi connectivity index (χ3n) is 3.28. The molecule has 0 bridgehead atoms. The van der Waals surface area contributed by atoms with Gasteiger partial charge in [0.05, 0.1) is 12.8 Å². The van der Waals surface area contributed by atoms with E-state index in [1.165, 1.54) is 6.26 Å². The smallest absolute Gasteiger partial charge is 0.324 e. The van der Waals surface area contributed by atoms with Crippen molar-refractivity contribution >= 4 is 29.2 Å². The van der Waals surface area contributed by atoms with Gasteiger partial charge in [0, 0.05) is 11.4 Å². The molecular formula is C16H17Cl2NO3. The molecule has 0 aliphatic rings. The van der Waals surface area contributed by atoms with Crippen molar-refractivity contribution in [3.05, 3.63) is 53.2 Å². The molecule has 4 nitrogen and oxygen atoms in total. The van der Waals surface area contributed by atoms with Crippen LogP contribution in [0.4, 0.5) is 0 Å². The molecule has 1 aromatic heterocycles. The zero-order valence-electron chi connectivity index (χ0n) is 12.2. The lowest BCUT2D eigenvalue weighted by Gasteiger charge is -2.18. The summed E-state index contributed by atoms with van der Waals surface area (Å²) in [5, 5.41) is -0.0537. The number of carbonyl (C=O) groups excluding carboxylic acids is 1. The fraction of sp³-hybridized carbons (Fsp3) is 0.375. The van der Waals surface area contributed by atoms with Crippen molar-refractivity contribution in [3.63, 3.8) is 0 Å². The summed E-state index contributed by atoms with van der Waals surface area (Å²) < 4.78 is 10.3. The summed E-state index contributed by atoms with van der Waals surface area (Å²) in [4.78, 5) is 15.9. The molecule has 0 amide bonds. The van der Waals surface area contributed by atoms with Crippen LogP contribution in [0.25, 0.3) is 0 Å². The Morgan fingerprint density at radius 3 is 2.68 bits per heavy atom. The van der Waals surface area contributed by atoms with Crippen molar-refractivity contribution in [3.8, 4) is 0 Å². The number of rotatable bonds is 7. The molecule has 0 saturated carbocycles. The number of hydrogen-bond donors (Lipinski definition) is 0. The second-order valence-corrected chi connectivity index (χ2v) is 5.80. The van der Waals surface area contributed by atoms with Crippen LogP contribution in [0.2, 0.25) is 5.02 Å². The number of aromatic nitrogens is 1. The molecular weight excluding hydrogens is 325 g/mol. The zero-order chi connectivity index (χ0) is 15.9. The van der Waals surface area contributed by atoms with Crippen LogP contribution in [0.1, 0.15) is 30.7 Å². The first-order valence-electron chi connectivity index (χ1n) is 7.04. The van der Waals surface area contributed by atoms with E-state index in [0.717, 1.165) is 5.56 Å². The molecule has 0 aliphatic carbocycles. The first-order chi connectivity index (χ1) is 10.6. The highest BCUT2D eigenvalue weighted by molar-refractivity contribution is 6.30. The second-order valence-electron chi connectivity index (χ2n) is 4.83. The Balaban J connectivity index is 2.14. The SMILES string of the molecule is CCOC(=O)C(Cl)CC(Cc1ncco1)c1ccc(Cl)cc1. The fourth-order valence-electron chi connectivity index (χ4n) is 2.22. The minimum Gasteiger partial charge on any atom is -0.465 e. The average Bonchev–Trinajstić information content (AvgIpc) is 3.00. The molecule has 0 aliphatic heterocycles. The van der Waals surface area contributed by atoms with Gasteiger partial charge in [-0.1, -0.05) is 23.7 Å². The molecule has 0 radical (unpaired) electrons. The van der Waals surface area contributed by atoms with Crippen molar-refractivity contribution in [2.45, 2.75) is 31.1 Å². The number of alkyl halides is 1. The van der Waals surface area contributed by atoms with Crippen LogP contribution in [0.5, 0.6) is 0 Å². The minimum absolute atomic E-state index is 0.0113. The van der Waals surface area contributed by atoms with Gasteiger partial charge in [-0.3, -0.25) is 4.79 Å². The number of ether oxygens (including phenoxy) is 1. The summed E-state index contributed by atoms with van der Waals surface area (Å²) in [6, 6.07) is 7.47. The number of carbonyl (C=O) groups is 1. The fourth-order valence-corrected chi connectivity index (χ4v) is 2.62. The van der Waals surface area contributed by atoms with Crippen LogP contribution >= 0.6 is 23.2 Å². The number of hydrogen-bond acceptors (Lipinski definition) is 4. The van der Waals surface area contributed by atoms with Gasteiger partial charge in [0.25, 0.3) is 0 Å². The standard InChI is InChI=1S/C16H17Cl2NO3/c1-2-21-16(20)14(18)9-12(10-15-19-7-8-22-15)11-3-5-13(17)6-4-11/h3-8,12,14H,2,9-10H2,1H3. The molecule has 2 rings (SSSR count). The van der Waals surface area contributed by atoms with E-state index in [2.05, 4.69) is 4.98 Å². The number of oxazole rings is 1. The number of esters is 1. The first-order valence-corrected chi connectivity index (χ1v) is 7.86. The van der Waals surface area contributed by atoms with Gasteiger partial charge >= 0.3 is 5.97 Å². The van der Waals surface area contributed by atoms with E-state index in [4.69, 9.17) is 32.4 Å². The van der Waals surface area contributed by atoms with Crippen LogP contribution in [0, 0.1) is 0 Å². The lowest BCUT2D eigenvalue weighted by Crippen LogP contribution is -2.21. The van der Waals surface area contributed by atoms with E-state index in [-0.39, 0.29) is 5.92 Å². The maximum Gasteiger partial charge on any atom is 0.324 e. The summed E-state index contributed by atoms with van der Waals surface area (Å²) in [5.41, 5.74) is 1.03. The number of nitrogens with zero attached hydrogens (tertiary/aromatic N) is 1. The van der Waals surface area contributed by atoms with E-state index in [1.54, 1.807) is 13.1 Å². The predicted octanol–water partition coefficient (Wildman–Crippen LogP) is 4.21. The maximum atomic E-state index is 11.8. The van der Waals surface area contributed by atoms with Gasteiger partial charge < -0.3 is 9.15 Å². The molecule has 2 aromatic rings. The summed E-state index contributed by atoms with van der Waals surface area (Å²) >= 11 is 12.1. The maximum absolute atomic E-state index is 11.8. The number of halogens is 2. The van der Waals surface area contributed by atoms with Gasteiger partial charge in [0.2, 0.25) is 0 Å². The Labute approximate surface area is 139 Å². The predicted molar refractivity (Wildman–Crippen MR) is 85.3 cm³/mol. The Morgan fingerprint density at radius 2 is 2.09 bits per heavy atom. The monoisotopic (exact) mass is 341 g/mol. The quantitative estimate of drug-likeness (QED) is 0.559. The molecule has 0 fully saturated rings. The van der Waals surface area contributed by atoms with E-state index < -0.39 is 11.3 Å². The molecule has 0 saturated heterocycles. The zero-order valence-corrected chi connectivity index (χ0v) is 13.7. The average molecular weight is 342 g/mol. The van der Waals surface area contributed by atoms with Crippen molar-refractivity contribution in [1.82, 2.24) is 4.98 Å². The summed E-state index contributed by atoms with van der Waals surface area (Å²) in [7, 11) is 0. The molecule has 0 N–H and O–H groups in total. The van der Waals surface area contributed by atoms with Crippen LogP contribution in [0.3, 0.4) is 0 Å². The summed E-state index contributed by atoms with van der Waals surface area (Å²) in [6.45, 7) is 2.07. The molecule has 118 valence electrons. The molecule has 6 heteroatoms. The Bertz CT molecular complexity index is 584. The van der Waals surface area contributed by atoms with Gasteiger partial charge in [-0.25, -0.2) is 4.98 Å². The normalized spacial score (nSPS) is 13.6. The van der Waals surface area contributed by atoms with Gasteiger partial charge in [-0.15, -0.1) is 11.6 Å². The van der Waals surface area contributed by atoms with Gasteiger partial charge in [0.15, 0.2) is 5.89 Å². The topological polar surface area (TPSA) is 52.3 Å². The van der Waals surface area contributed by atoms with Crippen LogP contribution in [-0.4, -0.2) is 22.9 Å². The van der Waals surface area contributed by atoms with E-state index in [0.29, 0.717) is 30.4 Å². The lowest BCUT2D eigenvalue weighted by molar-refractivity contribution is -0.142. The Morgan fingerprint density at radius 1 is 1.36 bits per heavy atom. The minimum atomic E-state index is -0.712. The summed E-state index contributed by atoms with van der Waals surface area (Å²) in [6.07, 6.45) is 4.11. The molecule has 1 heterocycles. The van der Waals surface area contributed by atoms with E-state index in [1.807, 2.05) is 24.3 Å². The largest absolute Gasteiger partial charge is 0.465 e. The Kier molecular flexibility index (Phi) is 6.28. The van der Waals surface area contributed by atoms with Crippen molar-refractivity contribution < 1.29 is 13.9 Å². The first kappa shape index (κ1) is 16.8. The highest BCUT2D eigenvalue weighted by Gasteiger charge is 2.24. The van der Waals surface area contributed by atoms with Gasteiger partial charge in [-0.2, -0.15) is 0 Å². The van der Waals surface area contributed by atoms with Crippen molar-refractivity contribution in [1.29, 1.82) is 0 Å². The van der Waals surface area contributed by atoms with Crippen molar-refractivity contribution in [2.24, 2.45) is 0 Å². The third kappa shape index (κ3) is 4.75. The highest BCUT2D eigenvalue weighted by atomic mass is 35.5. The molecule has 22 heavy (non-hydrogen) atoms. The molecule has 0 spiro atoms. The lowest BCUT2D eigenvalue weighted by atomic mass is 9.91. The summed E-state index contributed by atoms with van der Waals surface area (Å²) in [5.74, 6) is 0.186. The molecule has 1 aromatic carbocycles. The highest BCUT2D eigenvalue weighted by Crippen LogP contribution is 2.28. The molecule has 2 unspecified atom stereocenters. The van der Waals surface area contributed by atoms with Gasteiger partial charge in [0.1, 0.15) is 11.6 Å². The number of benzene rings is 1. The van der Waals surface area contributed by atoms with Gasteiger partial charge in [-0.05, 0) is 37.0 Å². The van der Waals surface area contributed by atoms with E-state index >= 15 is 0 Å². The molecule has 2 atom stereocenters.